The molecule has 0 spiro atoms. The van der Waals surface area contributed by atoms with Gasteiger partial charge in [-0.3, -0.25) is 9.13 Å². The van der Waals surface area contributed by atoms with Crippen LogP contribution in [0.2, 0.25) is 0 Å². The van der Waals surface area contributed by atoms with Crippen molar-refractivity contribution < 1.29 is 4.74 Å². The Morgan fingerprint density at radius 2 is 1.39 bits per heavy atom. The minimum atomic E-state index is 0.168. The van der Waals surface area contributed by atoms with Crippen LogP contribution in [0, 0.1) is 0 Å². The molecule has 5 nitrogen and oxygen atoms in total. The zero-order valence-electron chi connectivity index (χ0n) is 22.7. The van der Waals surface area contributed by atoms with E-state index in [1.807, 2.05) is 16.7 Å². The summed E-state index contributed by atoms with van der Waals surface area (Å²) >= 11 is 0. The first kappa shape index (κ1) is 26.3. The van der Waals surface area contributed by atoms with Crippen molar-refractivity contribution in [1.82, 2.24) is 14.0 Å². The molecule has 5 rings (SSSR count). The molecule has 0 unspecified atom stereocenters. The van der Waals surface area contributed by atoms with Crippen LogP contribution in [0.1, 0.15) is 55.7 Å². The van der Waals surface area contributed by atoms with E-state index in [9.17, 15) is 4.79 Å². The van der Waals surface area contributed by atoms with E-state index in [0.29, 0.717) is 0 Å². The average molecular weight is 512 g/mol. The maximum atomic E-state index is 13.6. The Kier molecular flexibility index (Phi) is 8.98. The number of unbranched alkanes of at least 4 members (excludes halogenated alkanes) is 2. The quantitative estimate of drug-likeness (QED) is 0.204. The fourth-order valence-electron chi connectivity index (χ4n) is 6.01. The minimum Gasteiger partial charge on any atom is -0.496 e. The highest BCUT2D eigenvalue weighted by molar-refractivity contribution is 5.76. The zero-order valence-corrected chi connectivity index (χ0v) is 22.7. The lowest BCUT2D eigenvalue weighted by atomic mass is 10.0. The van der Waals surface area contributed by atoms with E-state index in [1.165, 1.54) is 17.5 Å². The monoisotopic (exact) mass is 511 g/mol. The fraction of sp³-hybridized carbons (Fsp3) is 0.424. The van der Waals surface area contributed by atoms with Crippen LogP contribution in [0.15, 0.2) is 83.7 Å². The molecule has 1 saturated heterocycles. The van der Waals surface area contributed by atoms with Crippen LogP contribution in [-0.2, 0) is 19.4 Å². The molecule has 3 aromatic carbocycles. The summed E-state index contributed by atoms with van der Waals surface area (Å²) in [5.41, 5.74) is 5.01. The first-order valence-corrected chi connectivity index (χ1v) is 14.3. The van der Waals surface area contributed by atoms with Gasteiger partial charge < -0.3 is 9.64 Å². The highest BCUT2D eigenvalue weighted by atomic mass is 16.5. The van der Waals surface area contributed by atoms with Crippen LogP contribution in [-0.4, -0.2) is 40.8 Å². The molecule has 0 aliphatic carbocycles. The van der Waals surface area contributed by atoms with Crippen LogP contribution in [0.25, 0.3) is 11.0 Å². The maximum absolute atomic E-state index is 13.6. The molecule has 5 heteroatoms. The predicted octanol–water partition coefficient (Wildman–Crippen LogP) is 6.49. The van der Waals surface area contributed by atoms with E-state index < -0.39 is 0 Å². The van der Waals surface area contributed by atoms with E-state index >= 15 is 0 Å². The van der Waals surface area contributed by atoms with E-state index in [0.717, 1.165) is 87.9 Å². The van der Waals surface area contributed by atoms with Gasteiger partial charge in [0.2, 0.25) is 0 Å². The molecular formula is C33H41N3O2. The van der Waals surface area contributed by atoms with Gasteiger partial charge in [-0.25, -0.2) is 4.79 Å². The number of hydrogen-bond acceptors (Lipinski definition) is 3. The highest BCUT2D eigenvalue weighted by Gasteiger charge is 2.25. The van der Waals surface area contributed by atoms with Gasteiger partial charge >= 0.3 is 5.69 Å². The number of methoxy groups -OCH3 is 1. The Morgan fingerprint density at radius 1 is 0.737 bits per heavy atom. The summed E-state index contributed by atoms with van der Waals surface area (Å²) in [4.78, 5) is 16.2. The van der Waals surface area contributed by atoms with Crippen molar-refractivity contribution in [1.29, 1.82) is 0 Å². The number of para-hydroxylation sites is 3. The van der Waals surface area contributed by atoms with Gasteiger partial charge in [0.05, 0.1) is 18.1 Å². The number of benzene rings is 3. The van der Waals surface area contributed by atoms with Crippen molar-refractivity contribution in [3.8, 4) is 5.75 Å². The molecule has 0 amide bonds. The molecule has 1 aromatic heterocycles. The van der Waals surface area contributed by atoms with Crippen LogP contribution in [0.3, 0.4) is 0 Å². The number of nitrogens with zero attached hydrogens (tertiary/aromatic N) is 3. The lowest BCUT2D eigenvalue weighted by Gasteiger charge is -2.32. The lowest BCUT2D eigenvalue weighted by molar-refractivity contribution is 0.183. The Hall–Kier alpha value is -3.31. The molecule has 0 atom stereocenters. The first-order chi connectivity index (χ1) is 18.7. The van der Waals surface area contributed by atoms with E-state index in [2.05, 4.69) is 76.2 Å². The van der Waals surface area contributed by atoms with Gasteiger partial charge in [0.15, 0.2) is 0 Å². The van der Waals surface area contributed by atoms with Crippen molar-refractivity contribution in [2.75, 3.05) is 26.7 Å². The van der Waals surface area contributed by atoms with Gasteiger partial charge in [-0.1, -0.05) is 60.7 Å². The fourth-order valence-corrected chi connectivity index (χ4v) is 6.01. The normalized spacial score (nSPS) is 14.8. The third-order valence-electron chi connectivity index (χ3n) is 8.09. The van der Waals surface area contributed by atoms with Crippen LogP contribution < -0.4 is 10.4 Å². The molecule has 2 heterocycles. The number of fused-ring (bicyclic) bond motifs is 1. The summed E-state index contributed by atoms with van der Waals surface area (Å²) in [6.07, 6.45) is 8.64. The molecule has 38 heavy (non-hydrogen) atoms. The predicted molar refractivity (Wildman–Crippen MR) is 156 cm³/mol. The topological polar surface area (TPSA) is 39.4 Å². The molecule has 200 valence electrons. The summed E-state index contributed by atoms with van der Waals surface area (Å²) in [7, 11) is 1.75. The number of likely N-dealkylation sites (tertiary alicyclic amines) is 1. The summed E-state index contributed by atoms with van der Waals surface area (Å²) < 4.78 is 9.61. The highest BCUT2D eigenvalue weighted by Crippen LogP contribution is 2.26. The van der Waals surface area contributed by atoms with Gasteiger partial charge in [-0.2, -0.15) is 0 Å². The third kappa shape index (κ3) is 6.21. The number of aromatic nitrogens is 2. The van der Waals surface area contributed by atoms with Crippen molar-refractivity contribution in [2.24, 2.45) is 0 Å². The zero-order chi connectivity index (χ0) is 26.2. The number of ether oxygens (including phenoxy) is 1. The van der Waals surface area contributed by atoms with Gasteiger partial charge in [0.1, 0.15) is 5.75 Å². The maximum Gasteiger partial charge on any atom is 0.329 e. The Labute approximate surface area is 226 Å². The van der Waals surface area contributed by atoms with Gasteiger partial charge in [0.25, 0.3) is 0 Å². The van der Waals surface area contributed by atoms with Gasteiger partial charge in [0, 0.05) is 25.7 Å². The number of imidazole rings is 1. The average Bonchev–Trinajstić information content (AvgIpc) is 3.25. The second-order valence-electron chi connectivity index (χ2n) is 10.6. The molecular weight excluding hydrogens is 470 g/mol. The summed E-state index contributed by atoms with van der Waals surface area (Å²) in [5.74, 6) is 0.995. The van der Waals surface area contributed by atoms with E-state index in [4.69, 9.17) is 4.74 Å². The Balaban J connectivity index is 1.15. The molecule has 1 aliphatic heterocycles. The standard InChI is InChI=1S/C33H41N3O2/c1-38-32-20-8-5-16-28(32)17-10-11-23-34-25-21-29(22-26-34)36-31-19-7-6-18-30(31)35(33(36)37)24-12-9-15-27-13-3-2-4-14-27/h2-8,13-14,16,18-20,29H,9-12,15,17,21-26H2,1H3. The molecule has 1 aliphatic rings. The van der Waals surface area contributed by atoms with Gasteiger partial charge in [-0.05, 0) is 87.2 Å². The number of hydrogen-bond donors (Lipinski definition) is 0. The molecule has 4 aromatic rings. The third-order valence-corrected chi connectivity index (χ3v) is 8.09. The second kappa shape index (κ2) is 13.0. The Morgan fingerprint density at radius 3 is 2.18 bits per heavy atom. The van der Waals surface area contributed by atoms with Crippen molar-refractivity contribution in [2.45, 2.75) is 64.0 Å². The van der Waals surface area contributed by atoms with Crippen molar-refractivity contribution in [3.05, 3.63) is 100 Å². The smallest absolute Gasteiger partial charge is 0.329 e. The summed E-state index contributed by atoms with van der Waals surface area (Å²) in [6, 6.07) is 27.6. The SMILES string of the molecule is COc1ccccc1CCCCN1CCC(n2c(=O)n(CCCCc3ccccc3)c3ccccc32)CC1. The van der Waals surface area contributed by atoms with Crippen LogP contribution in [0.4, 0.5) is 0 Å². The minimum absolute atomic E-state index is 0.168. The Bertz CT molecular complexity index is 1350. The largest absolute Gasteiger partial charge is 0.496 e. The molecule has 0 saturated carbocycles. The molecule has 0 N–H and O–H groups in total. The molecule has 0 bridgehead atoms. The summed E-state index contributed by atoms with van der Waals surface area (Å²) in [5, 5.41) is 0. The number of aryl methyl sites for hydroxylation is 3. The summed E-state index contributed by atoms with van der Waals surface area (Å²) in [6.45, 7) is 4.02. The van der Waals surface area contributed by atoms with Crippen LogP contribution in [0.5, 0.6) is 5.75 Å². The second-order valence-corrected chi connectivity index (χ2v) is 10.6. The lowest BCUT2D eigenvalue weighted by Crippen LogP contribution is -2.38. The van der Waals surface area contributed by atoms with Gasteiger partial charge in [-0.15, -0.1) is 0 Å². The number of piperidine rings is 1. The van der Waals surface area contributed by atoms with E-state index in [-0.39, 0.29) is 11.7 Å². The van der Waals surface area contributed by atoms with Crippen LogP contribution >= 0.6 is 0 Å². The van der Waals surface area contributed by atoms with E-state index in [1.54, 1.807) is 7.11 Å². The first-order valence-electron chi connectivity index (χ1n) is 14.3. The van der Waals surface area contributed by atoms with Crippen molar-refractivity contribution in [3.63, 3.8) is 0 Å². The molecule has 0 radical (unpaired) electrons. The number of rotatable bonds is 12. The molecule has 1 fully saturated rings. The van der Waals surface area contributed by atoms with Crippen molar-refractivity contribution >= 4 is 11.0 Å².